The van der Waals surface area contributed by atoms with Gasteiger partial charge in [0.15, 0.2) is 0 Å². The molecule has 21 heavy (non-hydrogen) atoms. The summed E-state index contributed by atoms with van der Waals surface area (Å²) >= 11 is 0. The Kier molecular flexibility index (Phi) is 2.75. The first-order valence-electron chi connectivity index (χ1n) is 7.00. The molecule has 2 fully saturated rings. The summed E-state index contributed by atoms with van der Waals surface area (Å²) in [5.74, 6) is 0.413. The average Bonchev–Trinajstić information content (AvgIpc) is 3.10. The van der Waals surface area contributed by atoms with Crippen molar-refractivity contribution < 1.29 is 8.42 Å². The van der Waals surface area contributed by atoms with E-state index in [2.05, 4.69) is 15.3 Å². The van der Waals surface area contributed by atoms with Crippen molar-refractivity contribution >= 4 is 21.1 Å². The third-order valence-electron chi connectivity index (χ3n) is 4.49. The first kappa shape index (κ1) is 13.1. The highest BCUT2D eigenvalue weighted by Crippen LogP contribution is 2.32. The maximum absolute atomic E-state index is 12.8. The van der Waals surface area contributed by atoms with E-state index in [0.717, 1.165) is 13.0 Å². The van der Waals surface area contributed by atoms with E-state index >= 15 is 0 Å². The van der Waals surface area contributed by atoms with Crippen LogP contribution in [-0.4, -0.2) is 48.4 Å². The number of hydrogen-bond donors (Lipinski definition) is 3. The van der Waals surface area contributed by atoms with Gasteiger partial charge in [-0.1, -0.05) is 0 Å². The zero-order valence-corrected chi connectivity index (χ0v) is 12.1. The van der Waals surface area contributed by atoms with Crippen LogP contribution in [0.15, 0.2) is 27.9 Å². The van der Waals surface area contributed by atoms with Crippen molar-refractivity contribution in [3.05, 3.63) is 28.7 Å². The van der Waals surface area contributed by atoms with Gasteiger partial charge in [0, 0.05) is 19.1 Å². The molecule has 1 aromatic heterocycles. The number of aromatic nitrogens is 2. The van der Waals surface area contributed by atoms with Crippen molar-refractivity contribution in [1.82, 2.24) is 19.6 Å². The molecule has 0 bridgehead atoms. The van der Waals surface area contributed by atoms with E-state index < -0.39 is 10.0 Å². The van der Waals surface area contributed by atoms with Crippen LogP contribution < -0.4 is 11.0 Å². The van der Waals surface area contributed by atoms with Crippen molar-refractivity contribution in [2.45, 2.75) is 17.4 Å². The summed E-state index contributed by atoms with van der Waals surface area (Å²) < 4.78 is 27.2. The summed E-state index contributed by atoms with van der Waals surface area (Å²) in [6, 6.07) is 4.76. The molecule has 3 heterocycles. The Morgan fingerprint density at radius 2 is 1.95 bits per heavy atom. The van der Waals surface area contributed by atoms with Crippen molar-refractivity contribution in [3.8, 4) is 0 Å². The maximum atomic E-state index is 12.8. The van der Waals surface area contributed by atoms with Gasteiger partial charge in [-0.2, -0.15) is 4.31 Å². The molecule has 2 aromatic rings. The highest BCUT2D eigenvalue weighted by atomic mass is 32.2. The van der Waals surface area contributed by atoms with Crippen LogP contribution in [0.2, 0.25) is 0 Å². The third-order valence-corrected chi connectivity index (χ3v) is 6.41. The summed E-state index contributed by atoms with van der Waals surface area (Å²) in [4.78, 5) is 16.7. The van der Waals surface area contributed by atoms with Gasteiger partial charge < -0.3 is 15.3 Å². The van der Waals surface area contributed by atoms with Crippen LogP contribution in [0.25, 0.3) is 11.0 Å². The Hall–Kier alpha value is -1.64. The number of hydrogen-bond acceptors (Lipinski definition) is 4. The molecule has 0 amide bonds. The summed E-state index contributed by atoms with van der Waals surface area (Å²) in [6.07, 6.45) is 0.903. The Balaban J connectivity index is 1.77. The van der Waals surface area contributed by atoms with Gasteiger partial charge in [0.05, 0.1) is 15.9 Å². The fourth-order valence-electron chi connectivity index (χ4n) is 3.42. The number of aromatic amines is 2. The van der Waals surface area contributed by atoms with Crippen molar-refractivity contribution in [3.63, 3.8) is 0 Å². The Labute approximate surface area is 121 Å². The summed E-state index contributed by atoms with van der Waals surface area (Å²) in [6.45, 7) is 2.18. The van der Waals surface area contributed by atoms with Crippen LogP contribution in [0.1, 0.15) is 6.42 Å². The second-order valence-corrected chi connectivity index (χ2v) is 7.57. The van der Waals surface area contributed by atoms with E-state index in [1.807, 2.05) is 0 Å². The van der Waals surface area contributed by atoms with Crippen LogP contribution in [0.5, 0.6) is 0 Å². The Morgan fingerprint density at radius 1 is 1.14 bits per heavy atom. The largest absolute Gasteiger partial charge is 0.323 e. The lowest BCUT2D eigenvalue weighted by Gasteiger charge is -2.22. The quantitative estimate of drug-likeness (QED) is 0.718. The van der Waals surface area contributed by atoms with E-state index in [9.17, 15) is 13.2 Å². The molecule has 1 aromatic carbocycles. The fraction of sp³-hybridized carbons (Fsp3) is 0.462. The molecular weight excluding hydrogens is 292 g/mol. The van der Waals surface area contributed by atoms with E-state index in [-0.39, 0.29) is 16.6 Å². The van der Waals surface area contributed by atoms with E-state index in [4.69, 9.17) is 0 Å². The lowest BCUT2D eigenvalue weighted by molar-refractivity contribution is 0.383. The zero-order valence-electron chi connectivity index (χ0n) is 11.3. The number of benzene rings is 1. The van der Waals surface area contributed by atoms with E-state index in [0.29, 0.717) is 30.0 Å². The van der Waals surface area contributed by atoms with Gasteiger partial charge in [-0.3, -0.25) is 0 Å². The molecular formula is C13H16N4O3S. The normalized spacial score (nSPS) is 26.5. The molecule has 0 spiro atoms. The number of imidazole rings is 1. The van der Waals surface area contributed by atoms with Crippen LogP contribution in [0.3, 0.4) is 0 Å². The van der Waals surface area contributed by atoms with Gasteiger partial charge in [-0.25, -0.2) is 13.2 Å². The van der Waals surface area contributed by atoms with Gasteiger partial charge in [0.25, 0.3) is 0 Å². The molecule has 2 saturated heterocycles. The molecule has 0 saturated carbocycles. The molecule has 112 valence electrons. The molecule has 2 atom stereocenters. The molecule has 3 N–H and O–H groups in total. The van der Waals surface area contributed by atoms with Gasteiger partial charge >= 0.3 is 5.69 Å². The number of nitrogens with zero attached hydrogens (tertiary/aromatic N) is 1. The first-order valence-corrected chi connectivity index (χ1v) is 8.44. The Bertz CT molecular complexity index is 854. The number of nitrogens with one attached hydrogen (secondary N) is 3. The minimum absolute atomic E-state index is 0.0518. The van der Waals surface area contributed by atoms with E-state index in [1.165, 1.54) is 6.07 Å². The molecule has 8 heteroatoms. The van der Waals surface area contributed by atoms with Crippen LogP contribution in [-0.2, 0) is 10.0 Å². The summed E-state index contributed by atoms with van der Waals surface area (Å²) in [5.41, 5.74) is 0.794. The van der Waals surface area contributed by atoms with Gasteiger partial charge in [-0.15, -0.1) is 0 Å². The fourth-order valence-corrected chi connectivity index (χ4v) is 5.14. The summed E-state index contributed by atoms with van der Waals surface area (Å²) in [5, 5.41) is 3.25. The first-order chi connectivity index (χ1) is 10.1. The highest BCUT2D eigenvalue weighted by Gasteiger charge is 2.43. The van der Waals surface area contributed by atoms with Gasteiger partial charge in [0.2, 0.25) is 10.0 Å². The molecule has 0 radical (unpaired) electrons. The SMILES string of the molecule is O=c1[nH]c2ccc(S(=O)(=O)N3CC[C@H]4CNC[C@H]43)cc2[nH]1. The molecule has 2 aliphatic rings. The van der Waals surface area contributed by atoms with Gasteiger partial charge in [-0.05, 0) is 37.1 Å². The van der Waals surface area contributed by atoms with Crippen molar-refractivity contribution in [1.29, 1.82) is 0 Å². The third kappa shape index (κ3) is 1.94. The summed E-state index contributed by atoms with van der Waals surface area (Å²) in [7, 11) is -3.52. The van der Waals surface area contributed by atoms with Crippen molar-refractivity contribution in [2.75, 3.05) is 19.6 Å². The zero-order chi connectivity index (χ0) is 14.6. The topological polar surface area (TPSA) is 98.1 Å². The maximum Gasteiger partial charge on any atom is 0.323 e. The number of sulfonamides is 1. The predicted molar refractivity (Wildman–Crippen MR) is 77.6 cm³/mol. The van der Waals surface area contributed by atoms with Crippen LogP contribution >= 0.6 is 0 Å². The lowest BCUT2D eigenvalue weighted by Crippen LogP contribution is -2.38. The number of fused-ring (bicyclic) bond motifs is 2. The minimum Gasteiger partial charge on any atom is -0.315 e. The lowest BCUT2D eigenvalue weighted by atomic mass is 10.1. The van der Waals surface area contributed by atoms with Crippen LogP contribution in [0, 0.1) is 5.92 Å². The predicted octanol–water partition coefficient (Wildman–Crippen LogP) is -0.161. The minimum atomic E-state index is -3.52. The molecule has 0 unspecified atom stereocenters. The van der Waals surface area contributed by atoms with Crippen molar-refractivity contribution in [2.24, 2.45) is 5.92 Å². The molecule has 2 aliphatic heterocycles. The smallest absolute Gasteiger partial charge is 0.315 e. The second-order valence-electron chi connectivity index (χ2n) is 5.68. The monoisotopic (exact) mass is 308 g/mol. The van der Waals surface area contributed by atoms with E-state index in [1.54, 1.807) is 16.4 Å². The van der Waals surface area contributed by atoms with Gasteiger partial charge in [0.1, 0.15) is 0 Å². The second kappa shape index (κ2) is 4.43. The number of H-pyrrole nitrogens is 2. The molecule has 4 rings (SSSR count). The highest BCUT2D eigenvalue weighted by molar-refractivity contribution is 7.89. The average molecular weight is 308 g/mol. The number of rotatable bonds is 2. The van der Waals surface area contributed by atoms with Crippen LogP contribution in [0.4, 0.5) is 0 Å². The Morgan fingerprint density at radius 3 is 2.81 bits per heavy atom. The standard InChI is InChI=1S/C13H16N4O3S/c18-13-15-10-2-1-9(5-11(10)16-13)21(19,20)17-4-3-8-6-14-7-12(8)17/h1-2,5,8,12,14H,3-4,6-7H2,(H2,15,16,18)/t8-,12+/m0/s1. The molecule has 0 aliphatic carbocycles. The molecule has 7 nitrogen and oxygen atoms in total.